The van der Waals surface area contributed by atoms with E-state index < -0.39 is 0 Å². The molecule has 0 saturated carbocycles. The molecular weight excluding hydrogens is 252 g/mol. The summed E-state index contributed by atoms with van der Waals surface area (Å²) < 4.78 is 10.7. The van der Waals surface area contributed by atoms with E-state index in [1.807, 2.05) is 18.2 Å². The molecule has 1 fully saturated rings. The fraction of sp³-hybridized carbons (Fsp3) is 0.625. The van der Waals surface area contributed by atoms with Gasteiger partial charge in [0.15, 0.2) is 0 Å². The number of ether oxygens (including phenoxy) is 2. The van der Waals surface area contributed by atoms with Crippen molar-refractivity contribution in [2.45, 2.75) is 25.8 Å². The average molecular weight is 278 g/mol. The molecule has 2 rings (SSSR count). The molecule has 1 saturated heterocycles. The number of nitrogens with zero attached hydrogens (tertiary/aromatic N) is 1. The van der Waals surface area contributed by atoms with E-state index in [0.29, 0.717) is 0 Å². The number of nitrogens with two attached hydrogens (primary N) is 1. The van der Waals surface area contributed by atoms with Crippen molar-refractivity contribution in [3.05, 3.63) is 23.8 Å². The van der Waals surface area contributed by atoms with Crippen LogP contribution in [0.5, 0.6) is 11.5 Å². The Kier molecular flexibility index (Phi) is 5.26. The van der Waals surface area contributed by atoms with Crippen LogP contribution in [0.3, 0.4) is 0 Å². The van der Waals surface area contributed by atoms with Crippen molar-refractivity contribution in [1.29, 1.82) is 0 Å². The van der Waals surface area contributed by atoms with Crippen LogP contribution in [0.15, 0.2) is 18.2 Å². The summed E-state index contributed by atoms with van der Waals surface area (Å²) in [6.07, 6.45) is 2.56. The number of hydrogen-bond acceptors (Lipinski definition) is 4. The maximum Gasteiger partial charge on any atom is 0.127 e. The third-order valence-electron chi connectivity index (χ3n) is 4.24. The van der Waals surface area contributed by atoms with E-state index in [4.69, 9.17) is 15.2 Å². The van der Waals surface area contributed by atoms with Crippen LogP contribution in [0.4, 0.5) is 0 Å². The summed E-state index contributed by atoms with van der Waals surface area (Å²) in [5.74, 6) is 2.44. The van der Waals surface area contributed by atoms with Crippen LogP contribution in [0.25, 0.3) is 0 Å². The average Bonchev–Trinajstić information content (AvgIpc) is 2.94. The minimum Gasteiger partial charge on any atom is -0.497 e. The molecule has 20 heavy (non-hydrogen) atoms. The minimum absolute atomic E-state index is 0.0218. The second-order valence-corrected chi connectivity index (χ2v) is 5.54. The molecule has 1 aromatic carbocycles. The van der Waals surface area contributed by atoms with Gasteiger partial charge in [-0.05, 0) is 24.9 Å². The van der Waals surface area contributed by atoms with E-state index in [9.17, 15) is 0 Å². The molecule has 2 atom stereocenters. The molecule has 1 aromatic rings. The Labute approximate surface area is 121 Å². The van der Waals surface area contributed by atoms with Crippen molar-refractivity contribution in [3.63, 3.8) is 0 Å². The van der Waals surface area contributed by atoms with Gasteiger partial charge in [-0.2, -0.15) is 0 Å². The highest BCUT2D eigenvalue weighted by Gasteiger charge is 2.23. The van der Waals surface area contributed by atoms with Crippen LogP contribution in [0.1, 0.15) is 31.4 Å². The van der Waals surface area contributed by atoms with E-state index >= 15 is 0 Å². The molecule has 1 heterocycles. The molecule has 0 bridgehead atoms. The van der Waals surface area contributed by atoms with Crippen LogP contribution in [0.2, 0.25) is 0 Å². The third-order valence-corrected chi connectivity index (χ3v) is 4.24. The van der Waals surface area contributed by atoms with E-state index in [-0.39, 0.29) is 6.04 Å². The van der Waals surface area contributed by atoms with E-state index in [1.165, 1.54) is 19.4 Å². The van der Waals surface area contributed by atoms with Gasteiger partial charge < -0.3 is 20.1 Å². The van der Waals surface area contributed by atoms with Crippen molar-refractivity contribution < 1.29 is 9.47 Å². The zero-order valence-electron chi connectivity index (χ0n) is 12.8. The van der Waals surface area contributed by atoms with Gasteiger partial charge in [-0.3, -0.25) is 0 Å². The van der Waals surface area contributed by atoms with Crippen LogP contribution in [0, 0.1) is 5.92 Å². The van der Waals surface area contributed by atoms with Gasteiger partial charge in [-0.15, -0.1) is 0 Å². The second kappa shape index (κ2) is 6.95. The first-order valence-electron chi connectivity index (χ1n) is 7.37. The number of hydrogen-bond donors (Lipinski definition) is 1. The fourth-order valence-corrected chi connectivity index (χ4v) is 2.91. The first kappa shape index (κ1) is 15.1. The van der Waals surface area contributed by atoms with Crippen LogP contribution >= 0.6 is 0 Å². The highest BCUT2D eigenvalue weighted by molar-refractivity contribution is 5.42. The third kappa shape index (κ3) is 3.44. The summed E-state index contributed by atoms with van der Waals surface area (Å²) in [4.78, 5) is 2.46. The van der Waals surface area contributed by atoms with Gasteiger partial charge in [-0.1, -0.05) is 19.4 Å². The lowest BCUT2D eigenvalue weighted by Crippen LogP contribution is -2.30. The van der Waals surface area contributed by atoms with Crippen LogP contribution in [-0.4, -0.2) is 38.8 Å². The van der Waals surface area contributed by atoms with Crippen molar-refractivity contribution in [3.8, 4) is 11.5 Å². The lowest BCUT2D eigenvalue weighted by Gasteiger charge is -2.22. The molecule has 0 aromatic heterocycles. The molecule has 0 amide bonds. The zero-order valence-corrected chi connectivity index (χ0v) is 12.8. The number of benzene rings is 1. The Bertz CT molecular complexity index is 436. The Hall–Kier alpha value is -1.26. The summed E-state index contributed by atoms with van der Waals surface area (Å²) >= 11 is 0. The molecule has 112 valence electrons. The van der Waals surface area contributed by atoms with Crippen molar-refractivity contribution in [1.82, 2.24) is 4.90 Å². The zero-order chi connectivity index (χ0) is 14.5. The first-order chi connectivity index (χ1) is 9.67. The topological polar surface area (TPSA) is 47.7 Å². The van der Waals surface area contributed by atoms with E-state index in [1.54, 1.807) is 14.2 Å². The maximum atomic E-state index is 6.37. The molecule has 0 radical (unpaired) electrons. The Balaban J connectivity index is 2.03. The van der Waals surface area contributed by atoms with Gasteiger partial charge in [-0.25, -0.2) is 0 Å². The summed E-state index contributed by atoms with van der Waals surface area (Å²) in [5.41, 5.74) is 7.42. The normalized spacial score (nSPS) is 20.9. The second-order valence-electron chi connectivity index (χ2n) is 5.54. The molecule has 4 nitrogen and oxygen atoms in total. The highest BCUT2D eigenvalue weighted by atomic mass is 16.5. The minimum atomic E-state index is -0.0218. The summed E-state index contributed by atoms with van der Waals surface area (Å²) in [6.45, 7) is 5.48. The van der Waals surface area contributed by atoms with Crippen molar-refractivity contribution >= 4 is 0 Å². The summed E-state index contributed by atoms with van der Waals surface area (Å²) in [5, 5.41) is 0. The van der Waals surface area contributed by atoms with Gasteiger partial charge in [0, 0.05) is 30.8 Å². The smallest absolute Gasteiger partial charge is 0.127 e. The first-order valence-corrected chi connectivity index (χ1v) is 7.37. The lowest BCUT2D eigenvalue weighted by atomic mass is 10.1. The molecule has 0 aliphatic carbocycles. The fourth-order valence-electron chi connectivity index (χ4n) is 2.91. The summed E-state index contributed by atoms with van der Waals surface area (Å²) in [6, 6.07) is 5.83. The molecular formula is C16H26N2O2. The van der Waals surface area contributed by atoms with E-state index in [2.05, 4.69) is 11.8 Å². The molecule has 1 aliphatic rings. The van der Waals surface area contributed by atoms with Crippen LogP contribution < -0.4 is 15.2 Å². The highest BCUT2D eigenvalue weighted by Crippen LogP contribution is 2.30. The largest absolute Gasteiger partial charge is 0.497 e. The SMILES string of the molecule is CCC1CCN(CC(N)c2ccc(OC)cc2OC)C1. The Morgan fingerprint density at radius 1 is 1.35 bits per heavy atom. The number of likely N-dealkylation sites (tertiary alicyclic amines) is 1. The maximum absolute atomic E-state index is 6.37. The molecule has 1 aliphatic heterocycles. The number of rotatable bonds is 6. The predicted octanol–water partition coefficient (Wildman–Crippen LogP) is 2.44. The van der Waals surface area contributed by atoms with Crippen LogP contribution in [-0.2, 0) is 0 Å². The molecule has 0 spiro atoms. The summed E-state index contributed by atoms with van der Waals surface area (Å²) in [7, 11) is 3.33. The molecule has 2 N–H and O–H groups in total. The van der Waals surface area contributed by atoms with Gasteiger partial charge in [0.05, 0.1) is 14.2 Å². The monoisotopic (exact) mass is 278 g/mol. The van der Waals surface area contributed by atoms with Crippen molar-refractivity contribution in [2.75, 3.05) is 33.9 Å². The van der Waals surface area contributed by atoms with Gasteiger partial charge >= 0.3 is 0 Å². The van der Waals surface area contributed by atoms with Crippen molar-refractivity contribution in [2.24, 2.45) is 11.7 Å². The van der Waals surface area contributed by atoms with Gasteiger partial charge in [0.2, 0.25) is 0 Å². The Morgan fingerprint density at radius 3 is 2.75 bits per heavy atom. The predicted molar refractivity (Wildman–Crippen MR) is 81.3 cm³/mol. The standard InChI is InChI=1S/C16H26N2O2/c1-4-12-7-8-18(10-12)11-15(17)14-6-5-13(19-2)9-16(14)20-3/h5-6,9,12,15H,4,7-8,10-11,17H2,1-3H3. The lowest BCUT2D eigenvalue weighted by molar-refractivity contribution is 0.298. The van der Waals surface area contributed by atoms with E-state index in [0.717, 1.165) is 36.1 Å². The molecule has 2 unspecified atom stereocenters. The van der Waals surface area contributed by atoms with Gasteiger partial charge in [0.1, 0.15) is 11.5 Å². The molecule has 4 heteroatoms. The number of methoxy groups -OCH3 is 2. The Morgan fingerprint density at radius 2 is 2.15 bits per heavy atom. The van der Waals surface area contributed by atoms with Gasteiger partial charge in [0.25, 0.3) is 0 Å². The quantitative estimate of drug-likeness (QED) is 0.868.